The van der Waals surface area contributed by atoms with Crippen molar-refractivity contribution in [3.8, 4) is 0 Å². The van der Waals surface area contributed by atoms with E-state index in [1.165, 1.54) is 19.4 Å². The van der Waals surface area contributed by atoms with Gasteiger partial charge in [-0.2, -0.15) is 0 Å². The van der Waals surface area contributed by atoms with E-state index in [1.54, 1.807) is 0 Å². The van der Waals surface area contributed by atoms with Crippen molar-refractivity contribution in [2.45, 2.75) is 71.1 Å². The Bertz CT molecular complexity index is 381. The molecule has 1 heterocycles. The third-order valence-corrected chi connectivity index (χ3v) is 6.09. The first kappa shape index (κ1) is 17.5. The van der Waals surface area contributed by atoms with E-state index in [0.717, 1.165) is 32.4 Å². The Morgan fingerprint density at radius 1 is 1.36 bits per heavy atom. The third-order valence-electron chi connectivity index (χ3n) is 6.09. The minimum Gasteiger partial charge on any atom is -0.381 e. The fraction of sp³-hybridized carbons (Fsp3) is 0.941. The van der Waals surface area contributed by atoms with Crippen molar-refractivity contribution < 1.29 is 4.74 Å². The average molecular weight is 310 g/mol. The number of guanidine groups is 1. The van der Waals surface area contributed by atoms with Gasteiger partial charge in [0.25, 0.3) is 0 Å². The van der Waals surface area contributed by atoms with E-state index in [0.29, 0.717) is 24.1 Å². The lowest BCUT2D eigenvalue weighted by molar-refractivity contribution is -0.118. The normalized spacial score (nSPS) is 32.0. The van der Waals surface area contributed by atoms with Gasteiger partial charge in [-0.05, 0) is 45.2 Å². The van der Waals surface area contributed by atoms with E-state index in [4.69, 9.17) is 10.5 Å². The number of likely N-dealkylation sites (tertiary alicyclic amines) is 1. The summed E-state index contributed by atoms with van der Waals surface area (Å²) in [6.07, 6.45) is 6.12. The molecule has 1 aliphatic carbocycles. The minimum absolute atomic E-state index is 0.206. The highest BCUT2D eigenvalue weighted by molar-refractivity contribution is 5.78. The molecule has 3 unspecified atom stereocenters. The molecule has 0 aromatic rings. The topological polar surface area (TPSA) is 62.9 Å². The summed E-state index contributed by atoms with van der Waals surface area (Å²) >= 11 is 0. The molecular weight excluding hydrogens is 276 g/mol. The van der Waals surface area contributed by atoms with E-state index >= 15 is 0 Å². The Morgan fingerprint density at radius 2 is 2.09 bits per heavy atom. The number of likely N-dealkylation sites (N-methyl/N-ethyl adjacent to an activating group) is 1. The van der Waals surface area contributed by atoms with Gasteiger partial charge in [0.05, 0.1) is 12.6 Å². The van der Waals surface area contributed by atoms with E-state index in [-0.39, 0.29) is 5.41 Å². The molecule has 5 heteroatoms. The SMILES string of the molecule is CCN1CCCC1CN=C(N)NC1CC(OC)C1(CC)CC. The van der Waals surface area contributed by atoms with Gasteiger partial charge in [-0.15, -0.1) is 0 Å². The smallest absolute Gasteiger partial charge is 0.188 e. The highest BCUT2D eigenvalue weighted by Gasteiger charge is 2.53. The number of nitrogens with one attached hydrogen (secondary N) is 1. The largest absolute Gasteiger partial charge is 0.381 e. The molecule has 0 aromatic heterocycles. The van der Waals surface area contributed by atoms with Crippen LogP contribution in [0.25, 0.3) is 0 Å². The van der Waals surface area contributed by atoms with Gasteiger partial charge in [-0.1, -0.05) is 20.8 Å². The quantitative estimate of drug-likeness (QED) is 0.557. The molecule has 22 heavy (non-hydrogen) atoms. The van der Waals surface area contributed by atoms with Gasteiger partial charge < -0.3 is 15.8 Å². The van der Waals surface area contributed by atoms with Crippen LogP contribution < -0.4 is 11.1 Å². The van der Waals surface area contributed by atoms with Crippen molar-refractivity contribution in [1.29, 1.82) is 0 Å². The fourth-order valence-corrected chi connectivity index (χ4v) is 4.43. The highest BCUT2D eigenvalue weighted by atomic mass is 16.5. The van der Waals surface area contributed by atoms with Crippen LogP contribution in [0.4, 0.5) is 0 Å². The first-order valence-corrected chi connectivity index (χ1v) is 8.94. The molecule has 5 nitrogen and oxygen atoms in total. The van der Waals surface area contributed by atoms with Gasteiger partial charge in [-0.25, -0.2) is 0 Å². The third kappa shape index (κ3) is 3.25. The molecule has 2 fully saturated rings. The number of nitrogens with two attached hydrogens (primary N) is 1. The van der Waals surface area contributed by atoms with Crippen LogP contribution in [-0.2, 0) is 4.74 Å². The van der Waals surface area contributed by atoms with Crippen molar-refractivity contribution in [3.63, 3.8) is 0 Å². The molecule has 1 saturated heterocycles. The van der Waals surface area contributed by atoms with Gasteiger partial charge in [0.2, 0.25) is 0 Å². The van der Waals surface area contributed by atoms with Gasteiger partial charge in [0.1, 0.15) is 0 Å². The first-order chi connectivity index (χ1) is 10.6. The van der Waals surface area contributed by atoms with Crippen LogP contribution in [0, 0.1) is 5.41 Å². The molecule has 128 valence electrons. The fourth-order valence-electron chi connectivity index (χ4n) is 4.43. The number of aliphatic imine (C=N–C) groups is 1. The molecule has 0 radical (unpaired) electrons. The van der Waals surface area contributed by atoms with Crippen molar-refractivity contribution in [2.75, 3.05) is 26.7 Å². The summed E-state index contributed by atoms with van der Waals surface area (Å²) in [5.41, 5.74) is 6.35. The molecule has 2 aliphatic rings. The maximum absolute atomic E-state index is 6.15. The Kier molecular flexibility index (Phi) is 6.09. The van der Waals surface area contributed by atoms with Gasteiger partial charge in [-0.3, -0.25) is 9.89 Å². The molecule has 1 saturated carbocycles. The summed E-state index contributed by atoms with van der Waals surface area (Å²) in [4.78, 5) is 7.12. The summed E-state index contributed by atoms with van der Waals surface area (Å²) in [5.74, 6) is 0.605. The molecule has 1 aliphatic heterocycles. The summed E-state index contributed by atoms with van der Waals surface area (Å²) in [7, 11) is 1.82. The molecule has 2 rings (SSSR count). The second-order valence-corrected chi connectivity index (χ2v) is 6.75. The van der Waals surface area contributed by atoms with Crippen LogP contribution in [0.2, 0.25) is 0 Å². The Morgan fingerprint density at radius 3 is 2.68 bits per heavy atom. The zero-order chi connectivity index (χ0) is 16.2. The number of rotatable bonds is 7. The monoisotopic (exact) mass is 310 g/mol. The molecule has 0 amide bonds. The van der Waals surface area contributed by atoms with E-state index in [9.17, 15) is 0 Å². The van der Waals surface area contributed by atoms with Crippen molar-refractivity contribution in [1.82, 2.24) is 10.2 Å². The molecule has 3 atom stereocenters. The van der Waals surface area contributed by atoms with Gasteiger partial charge in [0, 0.05) is 24.6 Å². The predicted octanol–water partition coefficient (Wildman–Crippen LogP) is 1.97. The van der Waals surface area contributed by atoms with Gasteiger partial charge in [0.15, 0.2) is 5.96 Å². The Labute approximate surface area is 135 Å². The molecular formula is C17H34N4O. The Balaban J connectivity index is 1.88. The summed E-state index contributed by atoms with van der Waals surface area (Å²) in [6, 6.07) is 0.961. The van der Waals surface area contributed by atoms with Crippen molar-refractivity contribution >= 4 is 5.96 Å². The standard InChI is InChI=1S/C17H34N4O/c1-5-17(6-2)14(11-15(17)22-4)20-16(18)19-12-13-9-8-10-21(13)7-3/h13-15H,5-12H2,1-4H3,(H3,18,19,20). The maximum Gasteiger partial charge on any atom is 0.188 e. The van der Waals surface area contributed by atoms with Crippen LogP contribution in [0.15, 0.2) is 4.99 Å². The summed E-state index contributed by atoms with van der Waals surface area (Å²) in [5, 5.41) is 3.46. The first-order valence-electron chi connectivity index (χ1n) is 8.94. The lowest BCUT2D eigenvalue weighted by Gasteiger charge is -2.55. The van der Waals surface area contributed by atoms with Crippen LogP contribution in [-0.4, -0.2) is 55.8 Å². The predicted molar refractivity (Wildman–Crippen MR) is 92.1 cm³/mol. The number of ether oxygens (including phenoxy) is 1. The number of hydrogen-bond acceptors (Lipinski definition) is 3. The van der Waals surface area contributed by atoms with Gasteiger partial charge >= 0.3 is 0 Å². The number of methoxy groups -OCH3 is 1. The van der Waals surface area contributed by atoms with E-state index < -0.39 is 0 Å². The van der Waals surface area contributed by atoms with Crippen LogP contribution >= 0.6 is 0 Å². The average Bonchev–Trinajstić information content (AvgIpc) is 2.98. The molecule has 3 N–H and O–H groups in total. The van der Waals surface area contributed by atoms with Crippen LogP contribution in [0.3, 0.4) is 0 Å². The Hall–Kier alpha value is -0.810. The highest BCUT2D eigenvalue weighted by Crippen LogP contribution is 2.48. The number of nitrogens with zero attached hydrogens (tertiary/aromatic N) is 2. The molecule has 0 spiro atoms. The second kappa shape index (κ2) is 7.64. The summed E-state index contributed by atoms with van der Waals surface area (Å²) < 4.78 is 5.64. The minimum atomic E-state index is 0.206. The van der Waals surface area contributed by atoms with Crippen LogP contribution in [0.1, 0.15) is 52.9 Å². The lowest BCUT2D eigenvalue weighted by Crippen LogP contribution is -2.65. The van der Waals surface area contributed by atoms with Crippen molar-refractivity contribution in [2.24, 2.45) is 16.1 Å². The van der Waals surface area contributed by atoms with Crippen LogP contribution in [0.5, 0.6) is 0 Å². The molecule has 0 bridgehead atoms. The zero-order valence-corrected chi connectivity index (χ0v) is 14.8. The number of hydrogen-bond donors (Lipinski definition) is 2. The summed E-state index contributed by atoms with van der Waals surface area (Å²) in [6.45, 7) is 9.85. The van der Waals surface area contributed by atoms with E-state index in [1.807, 2.05) is 7.11 Å². The zero-order valence-electron chi connectivity index (χ0n) is 14.8. The lowest BCUT2D eigenvalue weighted by atomic mass is 9.58. The molecule has 0 aromatic carbocycles. The van der Waals surface area contributed by atoms with E-state index in [2.05, 4.69) is 36.0 Å². The van der Waals surface area contributed by atoms with Crippen molar-refractivity contribution in [3.05, 3.63) is 0 Å². The maximum atomic E-state index is 6.15. The second-order valence-electron chi connectivity index (χ2n) is 6.75.